The van der Waals surface area contributed by atoms with Crippen molar-refractivity contribution in [3.63, 3.8) is 0 Å². The summed E-state index contributed by atoms with van der Waals surface area (Å²) in [5.74, 6) is 0. The van der Waals surface area contributed by atoms with Gasteiger partial charge in [-0.05, 0) is 46.1 Å². The third-order valence-corrected chi connectivity index (χ3v) is 4.39. The second-order valence-electron chi connectivity index (χ2n) is 5.93. The Bertz CT molecular complexity index is 258. The summed E-state index contributed by atoms with van der Waals surface area (Å²) in [4.78, 5) is 2.39. The highest BCUT2D eigenvalue weighted by Crippen LogP contribution is 2.35. The molecule has 0 aliphatic heterocycles. The molecule has 0 aromatic heterocycles. The van der Waals surface area contributed by atoms with Crippen LogP contribution in [0.3, 0.4) is 0 Å². The second-order valence-corrected chi connectivity index (χ2v) is 5.93. The van der Waals surface area contributed by atoms with Gasteiger partial charge in [0, 0.05) is 30.8 Å². The zero-order valence-electron chi connectivity index (χ0n) is 11.8. The Morgan fingerprint density at radius 2 is 2.17 bits per heavy atom. The average molecular weight is 256 g/mol. The molecule has 18 heavy (non-hydrogen) atoms. The molecule has 0 saturated heterocycles. The molecule has 0 heterocycles. The number of hydrogen-bond acceptors (Lipinski definition) is 4. The van der Waals surface area contributed by atoms with Gasteiger partial charge in [0.05, 0.1) is 13.2 Å². The fourth-order valence-corrected chi connectivity index (χ4v) is 2.99. The largest absolute Gasteiger partial charge is 0.394 e. The highest BCUT2D eigenvalue weighted by Gasteiger charge is 2.42. The van der Waals surface area contributed by atoms with Crippen LogP contribution in [0, 0.1) is 0 Å². The van der Waals surface area contributed by atoms with Crippen LogP contribution in [0.1, 0.15) is 39.0 Å². The lowest BCUT2D eigenvalue weighted by atomic mass is 9.98. The van der Waals surface area contributed by atoms with Gasteiger partial charge in [-0.1, -0.05) is 0 Å². The fraction of sp³-hybridized carbons (Fsp3) is 1.00. The third-order valence-electron chi connectivity index (χ3n) is 4.39. The number of hydrogen-bond donors (Lipinski definition) is 2. The van der Waals surface area contributed by atoms with Gasteiger partial charge in [-0.15, -0.1) is 0 Å². The number of aliphatic hydroxyl groups is 1. The molecule has 4 nitrogen and oxygen atoms in total. The van der Waals surface area contributed by atoms with Crippen molar-refractivity contribution < 1.29 is 9.84 Å². The van der Waals surface area contributed by atoms with E-state index in [0.29, 0.717) is 12.1 Å². The van der Waals surface area contributed by atoms with Crippen LogP contribution >= 0.6 is 0 Å². The SMILES string of the molecule is CCOCCN(C)C1CCC(CO)(NC2CC2)C1. The first-order valence-electron chi connectivity index (χ1n) is 7.35. The van der Waals surface area contributed by atoms with E-state index < -0.39 is 0 Å². The molecule has 0 radical (unpaired) electrons. The maximum absolute atomic E-state index is 9.70. The first-order chi connectivity index (χ1) is 8.69. The molecule has 2 aliphatic carbocycles. The van der Waals surface area contributed by atoms with Crippen LogP contribution in [0.2, 0.25) is 0 Å². The second kappa shape index (κ2) is 6.33. The first kappa shape index (κ1) is 14.3. The van der Waals surface area contributed by atoms with E-state index in [1.54, 1.807) is 0 Å². The van der Waals surface area contributed by atoms with Crippen LogP contribution in [0.4, 0.5) is 0 Å². The molecule has 0 amide bonds. The third kappa shape index (κ3) is 3.67. The van der Waals surface area contributed by atoms with Crippen molar-refractivity contribution in [2.75, 3.05) is 33.4 Å². The summed E-state index contributed by atoms with van der Waals surface area (Å²) < 4.78 is 5.41. The van der Waals surface area contributed by atoms with Gasteiger partial charge in [0.25, 0.3) is 0 Å². The maximum atomic E-state index is 9.70. The monoisotopic (exact) mass is 256 g/mol. The molecular weight excluding hydrogens is 228 g/mol. The summed E-state index contributed by atoms with van der Waals surface area (Å²) in [5.41, 5.74) is -0.00823. The molecule has 0 aromatic carbocycles. The predicted molar refractivity (Wildman–Crippen MR) is 72.7 cm³/mol. The number of aliphatic hydroxyl groups excluding tert-OH is 1. The molecule has 106 valence electrons. The molecule has 0 spiro atoms. The van der Waals surface area contributed by atoms with Gasteiger partial charge in [-0.3, -0.25) is 0 Å². The van der Waals surface area contributed by atoms with Crippen molar-refractivity contribution in [2.24, 2.45) is 0 Å². The molecular formula is C14H28N2O2. The Balaban J connectivity index is 1.77. The van der Waals surface area contributed by atoms with Crippen molar-refractivity contribution in [2.45, 2.75) is 56.7 Å². The summed E-state index contributed by atoms with van der Waals surface area (Å²) in [5, 5.41) is 13.4. The highest BCUT2D eigenvalue weighted by molar-refractivity contribution is 5.02. The van der Waals surface area contributed by atoms with E-state index in [1.807, 2.05) is 6.92 Å². The van der Waals surface area contributed by atoms with Gasteiger partial charge < -0.3 is 20.1 Å². The summed E-state index contributed by atoms with van der Waals surface area (Å²) in [6.45, 7) is 4.91. The van der Waals surface area contributed by atoms with Gasteiger partial charge in [0.1, 0.15) is 0 Å². The van der Waals surface area contributed by atoms with Crippen LogP contribution < -0.4 is 5.32 Å². The van der Waals surface area contributed by atoms with E-state index >= 15 is 0 Å². The summed E-state index contributed by atoms with van der Waals surface area (Å²) in [7, 11) is 2.17. The van der Waals surface area contributed by atoms with E-state index in [4.69, 9.17) is 4.74 Å². The minimum absolute atomic E-state index is 0.00823. The lowest BCUT2D eigenvalue weighted by Crippen LogP contribution is -2.49. The Hall–Kier alpha value is -0.160. The molecule has 2 atom stereocenters. The van der Waals surface area contributed by atoms with E-state index in [0.717, 1.165) is 32.6 Å². The van der Waals surface area contributed by atoms with Crippen LogP contribution in [0.5, 0.6) is 0 Å². The first-order valence-corrected chi connectivity index (χ1v) is 7.35. The van der Waals surface area contributed by atoms with Crippen molar-refractivity contribution in [3.05, 3.63) is 0 Å². The van der Waals surface area contributed by atoms with Gasteiger partial charge in [-0.25, -0.2) is 0 Å². The van der Waals surface area contributed by atoms with E-state index in [2.05, 4.69) is 17.3 Å². The van der Waals surface area contributed by atoms with Crippen LogP contribution in [-0.4, -0.2) is 61.0 Å². The van der Waals surface area contributed by atoms with Gasteiger partial charge in [0.2, 0.25) is 0 Å². The predicted octanol–water partition coefficient (Wildman–Crippen LogP) is 0.990. The minimum Gasteiger partial charge on any atom is -0.394 e. The van der Waals surface area contributed by atoms with Gasteiger partial charge in [-0.2, -0.15) is 0 Å². The van der Waals surface area contributed by atoms with Crippen LogP contribution in [0.25, 0.3) is 0 Å². The van der Waals surface area contributed by atoms with Gasteiger partial charge in [0.15, 0.2) is 0 Å². The molecule has 2 saturated carbocycles. The lowest BCUT2D eigenvalue weighted by Gasteiger charge is -2.31. The molecule has 2 unspecified atom stereocenters. The fourth-order valence-electron chi connectivity index (χ4n) is 2.99. The molecule has 0 aromatic rings. The minimum atomic E-state index is -0.00823. The van der Waals surface area contributed by atoms with Crippen LogP contribution in [-0.2, 0) is 4.74 Å². The Labute approximate surface area is 111 Å². The summed E-state index contributed by atoms with van der Waals surface area (Å²) in [6.07, 6.45) is 5.92. The number of nitrogens with zero attached hydrogens (tertiary/aromatic N) is 1. The van der Waals surface area contributed by atoms with Crippen molar-refractivity contribution >= 4 is 0 Å². The van der Waals surface area contributed by atoms with Crippen molar-refractivity contribution in [3.8, 4) is 0 Å². The molecule has 2 fully saturated rings. The smallest absolute Gasteiger partial charge is 0.0614 e. The normalized spacial score (nSPS) is 32.3. The average Bonchev–Trinajstić information content (AvgIpc) is 3.07. The molecule has 2 aliphatic rings. The van der Waals surface area contributed by atoms with E-state index in [9.17, 15) is 5.11 Å². The maximum Gasteiger partial charge on any atom is 0.0614 e. The zero-order valence-corrected chi connectivity index (χ0v) is 11.8. The zero-order chi connectivity index (χ0) is 13.0. The Morgan fingerprint density at radius 1 is 1.39 bits per heavy atom. The molecule has 0 bridgehead atoms. The Morgan fingerprint density at radius 3 is 2.78 bits per heavy atom. The van der Waals surface area contributed by atoms with Gasteiger partial charge >= 0.3 is 0 Å². The highest BCUT2D eigenvalue weighted by atomic mass is 16.5. The molecule has 2 rings (SSSR count). The van der Waals surface area contributed by atoms with E-state index in [-0.39, 0.29) is 12.1 Å². The number of rotatable bonds is 8. The van der Waals surface area contributed by atoms with E-state index in [1.165, 1.54) is 19.3 Å². The topological polar surface area (TPSA) is 44.7 Å². The van der Waals surface area contributed by atoms with Crippen molar-refractivity contribution in [1.29, 1.82) is 0 Å². The van der Waals surface area contributed by atoms with Crippen molar-refractivity contribution in [1.82, 2.24) is 10.2 Å². The Kier molecular flexibility index (Phi) is 5.01. The number of nitrogens with one attached hydrogen (secondary N) is 1. The molecule has 4 heteroatoms. The van der Waals surface area contributed by atoms with Crippen LogP contribution in [0.15, 0.2) is 0 Å². The molecule has 2 N–H and O–H groups in total. The quantitative estimate of drug-likeness (QED) is 0.636. The number of ether oxygens (including phenoxy) is 1. The lowest BCUT2D eigenvalue weighted by molar-refractivity contribution is 0.102. The summed E-state index contributed by atoms with van der Waals surface area (Å²) >= 11 is 0. The summed E-state index contributed by atoms with van der Waals surface area (Å²) in [6, 6.07) is 1.26. The number of likely N-dealkylation sites (N-methyl/N-ethyl adjacent to an activating group) is 1. The standard InChI is InChI=1S/C14H28N2O2/c1-3-18-9-8-16(2)13-6-7-14(10-13,11-17)15-12-4-5-12/h12-13,15,17H,3-11H2,1-2H3.